The second kappa shape index (κ2) is 4.62. The monoisotopic (exact) mass is 197 g/mol. The van der Waals surface area contributed by atoms with Crippen molar-refractivity contribution in [3.8, 4) is 11.5 Å². The number of phenols is 1. The highest BCUT2D eigenvalue weighted by molar-refractivity contribution is 5.56. The van der Waals surface area contributed by atoms with Crippen molar-refractivity contribution in [2.45, 2.75) is 0 Å². The van der Waals surface area contributed by atoms with Crippen LogP contribution in [0.25, 0.3) is 6.08 Å². The van der Waals surface area contributed by atoms with Gasteiger partial charge in [0.1, 0.15) is 5.75 Å². The number of halogens is 1. The van der Waals surface area contributed by atoms with Gasteiger partial charge in [0.15, 0.2) is 11.6 Å². The molecule has 0 atom stereocenters. The van der Waals surface area contributed by atoms with Crippen molar-refractivity contribution in [3.05, 3.63) is 29.6 Å². The highest BCUT2D eigenvalue weighted by Gasteiger charge is 2.07. The Balaban J connectivity index is 3.13. The fraction of sp³-hybridized carbons (Fsp3) is 0.200. The SMILES string of the molecule is COc1cc(O)c(F)c(/C=C/CN)c1. The maximum Gasteiger partial charge on any atom is 0.172 e. The van der Waals surface area contributed by atoms with Crippen LogP contribution in [0.5, 0.6) is 11.5 Å². The van der Waals surface area contributed by atoms with E-state index < -0.39 is 11.6 Å². The molecule has 1 aromatic rings. The van der Waals surface area contributed by atoms with Crippen LogP contribution in [0.4, 0.5) is 4.39 Å². The van der Waals surface area contributed by atoms with Crippen LogP contribution in [0, 0.1) is 5.82 Å². The maximum atomic E-state index is 13.2. The lowest BCUT2D eigenvalue weighted by atomic mass is 10.1. The number of benzene rings is 1. The molecule has 0 spiro atoms. The van der Waals surface area contributed by atoms with Crippen LogP contribution >= 0.6 is 0 Å². The molecule has 0 saturated heterocycles. The molecule has 1 aromatic carbocycles. The summed E-state index contributed by atoms with van der Waals surface area (Å²) in [7, 11) is 1.45. The van der Waals surface area contributed by atoms with Gasteiger partial charge < -0.3 is 15.6 Å². The van der Waals surface area contributed by atoms with Gasteiger partial charge in [-0.05, 0) is 6.07 Å². The van der Waals surface area contributed by atoms with E-state index in [4.69, 9.17) is 10.5 Å². The number of rotatable bonds is 3. The molecule has 4 heteroatoms. The van der Waals surface area contributed by atoms with E-state index in [1.54, 1.807) is 6.08 Å². The Labute approximate surface area is 81.6 Å². The minimum absolute atomic E-state index is 0.257. The molecule has 0 aliphatic rings. The molecule has 76 valence electrons. The number of nitrogens with two attached hydrogens (primary N) is 1. The first-order valence-corrected chi connectivity index (χ1v) is 4.12. The molecular weight excluding hydrogens is 185 g/mol. The van der Waals surface area contributed by atoms with Crippen LogP contribution in [0.3, 0.4) is 0 Å². The van der Waals surface area contributed by atoms with E-state index in [2.05, 4.69) is 0 Å². The largest absolute Gasteiger partial charge is 0.505 e. The number of aromatic hydroxyl groups is 1. The van der Waals surface area contributed by atoms with Gasteiger partial charge in [-0.1, -0.05) is 12.2 Å². The lowest BCUT2D eigenvalue weighted by Crippen LogP contribution is -1.93. The highest BCUT2D eigenvalue weighted by atomic mass is 19.1. The summed E-state index contributed by atoms with van der Waals surface area (Å²) in [5.41, 5.74) is 5.49. The van der Waals surface area contributed by atoms with E-state index in [1.807, 2.05) is 0 Å². The molecule has 0 bridgehead atoms. The van der Waals surface area contributed by atoms with Crippen LogP contribution in [0.1, 0.15) is 5.56 Å². The fourth-order valence-corrected chi connectivity index (χ4v) is 1.04. The van der Waals surface area contributed by atoms with E-state index in [-0.39, 0.29) is 5.56 Å². The average Bonchev–Trinajstić information content (AvgIpc) is 2.20. The van der Waals surface area contributed by atoms with E-state index in [1.165, 1.54) is 25.3 Å². The van der Waals surface area contributed by atoms with Crippen molar-refractivity contribution in [1.82, 2.24) is 0 Å². The van der Waals surface area contributed by atoms with Crippen molar-refractivity contribution in [2.24, 2.45) is 5.73 Å². The van der Waals surface area contributed by atoms with Crippen LogP contribution in [0.15, 0.2) is 18.2 Å². The normalized spacial score (nSPS) is 10.8. The van der Waals surface area contributed by atoms with E-state index >= 15 is 0 Å². The lowest BCUT2D eigenvalue weighted by Gasteiger charge is -2.04. The third-order valence-electron chi connectivity index (χ3n) is 1.72. The zero-order chi connectivity index (χ0) is 10.6. The first-order chi connectivity index (χ1) is 6.69. The third kappa shape index (κ3) is 2.23. The zero-order valence-corrected chi connectivity index (χ0v) is 7.83. The molecule has 14 heavy (non-hydrogen) atoms. The standard InChI is InChI=1S/C10H12FNO2/c1-14-8-5-7(3-2-4-12)10(11)9(13)6-8/h2-3,5-6,13H,4,12H2,1H3/b3-2+. The Hall–Kier alpha value is -1.55. The number of hydrogen-bond donors (Lipinski definition) is 2. The van der Waals surface area contributed by atoms with Gasteiger partial charge in [0, 0.05) is 18.2 Å². The minimum atomic E-state index is -0.671. The number of phenolic OH excluding ortho intramolecular Hbond substituents is 1. The van der Waals surface area contributed by atoms with Gasteiger partial charge in [-0.25, -0.2) is 4.39 Å². The van der Waals surface area contributed by atoms with Crippen molar-refractivity contribution >= 4 is 6.08 Å². The molecule has 1 rings (SSSR count). The van der Waals surface area contributed by atoms with Crippen LogP contribution in [-0.2, 0) is 0 Å². The summed E-state index contributed by atoms with van der Waals surface area (Å²) in [5, 5.41) is 9.19. The van der Waals surface area contributed by atoms with Crippen molar-refractivity contribution < 1.29 is 14.2 Å². The Bertz CT molecular complexity index is 350. The minimum Gasteiger partial charge on any atom is -0.505 e. The Morgan fingerprint density at radius 1 is 1.57 bits per heavy atom. The summed E-state index contributed by atoms with van der Waals surface area (Å²) in [5.74, 6) is -0.697. The number of methoxy groups -OCH3 is 1. The van der Waals surface area contributed by atoms with Crippen LogP contribution in [0.2, 0.25) is 0 Å². The van der Waals surface area contributed by atoms with Crippen molar-refractivity contribution in [1.29, 1.82) is 0 Å². The smallest absolute Gasteiger partial charge is 0.172 e. The van der Waals surface area contributed by atoms with E-state index in [0.29, 0.717) is 12.3 Å². The van der Waals surface area contributed by atoms with Gasteiger partial charge in [0.25, 0.3) is 0 Å². The highest BCUT2D eigenvalue weighted by Crippen LogP contribution is 2.26. The van der Waals surface area contributed by atoms with E-state index in [9.17, 15) is 9.50 Å². The van der Waals surface area contributed by atoms with Gasteiger partial charge in [0.2, 0.25) is 0 Å². The molecule has 0 aromatic heterocycles. The predicted octanol–water partition coefficient (Wildman–Crippen LogP) is 1.51. The first-order valence-electron chi connectivity index (χ1n) is 4.12. The summed E-state index contributed by atoms with van der Waals surface area (Å²) < 4.78 is 18.1. The molecule has 3 nitrogen and oxygen atoms in total. The quantitative estimate of drug-likeness (QED) is 0.772. The van der Waals surface area contributed by atoms with Crippen molar-refractivity contribution in [2.75, 3.05) is 13.7 Å². The maximum absolute atomic E-state index is 13.2. The molecule has 3 N–H and O–H groups in total. The molecule has 0 heterocycles. The van der Waals surface area contributed by atoms with E-state index in [0.717, 1.165) is 0 Å². The van der Waals surface area contributed by atoms with Gasteiger partial charge in [-0.3, -0.25) is 0 Å². The molecule has 0 saturated carbocycles. The summed E-state index contributed by atoms with van der Waals surface area (Å²) in [6.45, 7) is 0.317. The fourth-order valence-electron chi connectivity index (χ4n) is 1.04. The molecule has 0 radical (unpaired) electrons. The Kier molecular flexibility index (Phi) is 3.48. The van der Waals surface area contributed by atoms with Crippen molar-refractivity contribution in [3.63, 3.8) is 0 Å². The summed E-state index contributed by atoms with van der Waals surface area (Å²) in [6.07, 6.45) is 3.09. The molecule has 0 amide bonds. The summed E-state index contributed by atoms with van der Waals surface area (Å²) in [4.78, 5) is 0. The van der Waals surface area contributed by atoms with Gasteiger partial charge in [-0.2, -0.15) is 0 Å². The lowest BCUT2D eigenvalue weighted by molar-refractivity contribution is 0.396. The van der Waals surface area contributed by atoms with Crippen LogP contribution < -0.4 is 10.5 Å². The van der Waals surface area contributed by atoms with Crippen LogP contribution in [-0.4, -0.2) is 18.8 Å². The topological polar surface area (TPSA) is 55.5 Å². The molecule has 0 aliphatic carbocycles. The molecule has 0 unspecified atom stereocenters. The number of ether oxygens (including phenoxy) is 1. The zero-order valence-electron chi connectivity index (χ0n) is 7.83. The van der Waals surface area contributed by atoms with Gasteiger partial charge in [-0.15, -0.1) is 0 Å². The molecular formula is C10H12FNO2. The molecule has 0 aliphatic heterocycles. The Morgan fingerprint density at radius 3 is 2.86 bits per heavy atom. The second-order valence-corrected chi connectivity index (χ2v) is 2.69. The average molecular weight is 197 g/mol. The second-order valence-electron chi connectivity index (χ2n) is 2.69. The van der Waals surface area contributed by atoms with Gasteiger partial charge >= 0.3 is 0 Å². The predicted molar refractivity (Wildman–Crippen MR) is 52.7 cm³/mol. The summed E-state index contributed by atoms with van der Waals surface area (Å²) in [6, 6.07) is 2.70. The Morgan fingerprint density at radius 2 is 2.29 bits per heavy atom. The molecule has 0 fully saturated rings. The first kappa shape index (κ1) is 10.5. The number of hydrogen-bond acceptors (Lipinski definition) is 3. The summed E-state index contributed by atoms with van der Waals surface area (Å²) >= 11 is 0. The van der Waals surface area contributed by atoms with Gasteiger partial charge in [0.05, 0.1) is 7.11 Å². The third-order valence-corrected chi connectivity index (χ3v) is 1.72.